The lowest BCUT2D eigenvalue weighted by Gasteiger charge is -2.03. The van der Waals surface area contributed by atoms with Gasteiger partial charge in [0.2, 0.25) is 11.8 Å². The van der Waals surface area contributed by atoms with E-state index in [1.165, 1.54) is 12.1 Å². The first-order valence-corrected chi connectivity index (χ1v) is 9.01. The Kier molecular flexibility index (Phi) is 4.85. The van der Waals surface area contributed by atoms with Crippen LogP contribution in [0, 0.1) is 0 Å². The molecule has 0 unspecified atom stereocenters. The first kappa shape index (κ1) is 16.8. The Bertz CT molecular complexity index is 956. The Hall–Kier alpha value is -3.07. The molecule has 0 saturated carbocycles. The molecule has 2 heterocycles. The predicted octanol–water partition coefficient (Wildman–Crippen LogP) is 1.93. The highest BCUT2D eigenvalue weighted by molar-refractivity contribution is 7.91. The van der Waals surface area contributed by atoms with Crippen LogP contribution in [0.3, 0.4) is 0 Å². The van der Waals surface area contributed by atoms with Gasteiger partial charge >= 0.3 is 6.01 Å². The van der Waals surface area contributed by atoms with Crippen LogP contribution in [0.5, 0.6) is 0 Å². The van der Waals surface area contributed by atoms with Gasteiger partial charge in [-0.3, -0.25) is 15.1 Å². The van der Waals surface area contributed by atoms with Gasteiger partial charge in [-0.05, 0) is 24.3 Å². The summed E-state index contributed by atoms with van der Waals surface area (Å²) in [5.74, 6) is -0.604. The molecule has 0 spiro atoms. The zero-order valence-electron chi connectivity index (χ0n) is 13.0. The maximum absolute atomic E-state index is 12.1. The van der Waals surface area contributed by atoms with E-state index in [0.717, 1.165) is 0 Å². The van der Waals surface area contributed by atoms with Crippen molar-refractivity contribution in [2.75, 3.05) is 11.1 Å². The fraction of sp³-hybridized carbons (Fsp3) is 0.125. The summed E-state index contributed by atoms with van der Waals surface area (Å²) in [5, 5.41) is 9.93. The van der Waals surface area contributed by atoms with Gasteiger partial charge in [0.25, 0.3) is 0 Å². The van der Waals surface area contributed by atoms with Crippen LogP contribution in [-0.4, -0.2) is 35.3 Å². The Morgan fingerprint density at radius 1 is 1.04 bits per heavy atom. The van der Waals surface area contributed by atoms with E-state index in [2.05, 4.69) is 20.5 Å². The summed E-state index contributed by atoms with van der Waals surface area (Å²) in [7, 11) is -3.52. The second-order valence-electron chi connectivity index (χ2n) is 5.08. The highest BCUT2D eigenvalue weighted by atomic mass is 32.2. The Morgan fingerprint density at radius 2 is 1.76 bits per heavy atom. The van der Waals surface area contributed by atoms with Crippen molar-refractivity contribution in [2.45, 2.75) is 11.3 Å². The van der Waals surface area contributed by atoms with Gasteiger partial charge in [0, 0.05) is 24.4 Å². The van der Waals surface area contributed by atoms with Crippen molar-refractivity contribution in [3.63, 3.8) is 0 Å². The van der Waals surface area contributed by atoms with Gasteiger partial charge in [0.05, 0.1) is 10.6 Å². The van der Waals surface area contributed by atoms with Crippen molar-refractivity contribution in [1.82, 2.24) is 15.2 Å². The number of pyridine rings is 1. The van der Waals surface area contributed by atoms with Crippen LogP contribution in [-0.2, 0) is 14.6 Å². The molecule has 0 aliphatic rings. The number of benzene rings is 1. The molecule has 1 amide bonds. The molecule has 9 heteroatoms. The molecule has 3 aromatic rings. The second-order valence-corrected chi connectivity index (χ2v) is 7.19. The number of carbonyl (C=O) groups excluding carboxylic acids is 1. The van der Waals surface area contributed by atoms with Gasteiger partial charge in [-0.2, -0.15) is 0 Å². The number of aromatic nitrogens is 3. The quantitative estimate of drug-likeness (QED) is 0.716. The van der Waals surface area contributed by atoms with Crippen LogP contribution in [0.4, 0.5) is 6.01 Å². The summed E-state index contributed by atoms with van der Waals surface area (Å²) in [6.07, 6.45) is 2.93. The smallest absolute Gasteiger partial charge is 0.322 e. The summed E-state index contributed by atoms with van der Waals surface area (Å²) < 4.78 is 29.6. The fourth-order valence-corrected chi connectivity index (χ4v) is 3.30. The molecular formula is C16H14N4O4S. The van der Waals surface area contributed by atoms with Crippen LogP contribution in [0.2, 0.25) is 0 Å². The average molecular weight is 358 g/mol. The number of rotatable bonds is 6. The van der Waals surface area contributed by atoms with E-state index in [1.54, 1.807) is 42.7 Å². The van der Waals surface area contributed by atoms with Gasteiger partial charge in [0.15, 0.2) is 9.84 Å². The molecule has 128 valence electrons. The van der Waals surface area contributed by atoms with Crippen molar-refractivity contribution in [2.24, 2.45) is 0 Å². The van der Waals surface area contributed by atoms with Crippen LogP contribution in [0.25, 0.3) is 11.5 Å². The van der Waals surface area contributed by atoms with Crippen molar-refractivity contribution < 1.29 is 17.6 Å². The molecule has 0 fully saturated rings. The van der Waals surface area contributed by atoms with Crippen molar-refractivity contribution in [3.05, 3.63) is 54.9 Å². The van der Waals surface area contributed by atoms with Crippen molar-refractivity contribution in [1.29, 1.82) is 0 Å². The third-order valence-electron chi connectivity index (χ3n) is 3.30. The van der Waals surface area contributed by atoms with E-state index < -0.39 is 15.7 Å². The van der Waals surface area contributed by atoms with Crippen LogP contribution in [0.15, 0.2) is 64.2 Å². The van der Waals surface area contributed by atoms with Crippen LogP contribution >= 0.6 is 0 Å². The molecule has 0 radical (unpaired) electrons. The third-order valence-corrected chi connectivity index (χ3v) is 5.03. The fourth-order valence-electron chi connectivity index (χ4n) is 2.04. The van der Waals surface area contributed by atoms with E-state index in [4.69, 9.17) is 4.42 Å². The highest BCUT2D eigenvalue weighted by Crippen LogP contribution is 2.18. The van der Waals surface area contributed by atoms with Gasteiger partial charge in [0.1, 0.15) is 0 Å². The number of amides is 1. The third kappa shape index (κ3) is 4.27. The Balaban J connectivity index is 1.59. The number of carbonyl (C=O) groups is 1. The number of anilines is 1. The molecule has 0 saturated heterocycles. The maximum Gasteiger partial charge on any atom is 0.322 e. The molecule has 8 nitrogen and oxygen atoms in total. The topological polar surface area (TPSA) is 115 Å². The second kappa shape index (κ2) is 7.22. The number of hydrogen-bond donors (Lipinski definition) is 1. The average Bonchev–Trinajstić information content (AvgIpc) is 3.10. The van der Waals surface area contributed by atoms with Crippen molar-refractivity contribution >= 4 is 21.8 Å². The molecule has 1 aromatic carbocycles. The molecule has 0 bridgehead atoms. The molecule has 0 aliphatic carbocycles. The first-order valence-electron chi connectivity index (χ1n) is 7.36. The summed E-state index contributed by atoms with van der Waals surface area (Å²) in [4.78, 5) is 16.0. The van der Waals surface area contributed by atoms with Crippen LogP contribution in [0.1, 0.15) is 6.42 Å². The molecular weight excluding hydrogens is 344 g/mol. The zero-order valence-corrected chi connectivity index (χ0v) is 13.8. The summed E-state index contributed by atoms with van der Waals surface area (Å²) >= 11 is 0. The van der Waals surface area contributed by atoms with Crippen LogP contribution < -0.4 is 5.32 Å². The minimum Gasteiger partial charge on any atom is -0.403 e. The lowest BCUT2D eigenvalue weighted by molar-refractivity contribution is -0.115. The minimum absolute atomic E-state index is 0.0890. The maximum atomic E-state index is 12.1. The lowest BCUT2D eigenvalue weighted by Crippen LogP contribution is -2.17. The van der Waals surface area contributed by atoms with E-state index in [1.807, 2.05) is 0 Å². The predicted molar refractivity (Wildman–Crippen MR) is 89.3 cm³/mol. The van der Waals surface area contributed by atoms with Gasteiger partial charge in [-0.1, -0.05) is 23.3 Å². The van der Waals surface area contributed by atoms with Crippen molar-refractivity contribution in [3.8, 4) is 11.5 Å². The number of nitrogens with one attached hydrogen (secondary N) is 1. The summed E-state index contributed by atoms with van der Waals surface area (Å²) in [6, 6.07) is 11.3. The van der Waals surface area contributed by atoms with Gasteiger partial charge in [-0.25, -0.2) is 8.42 Å². The first-order chi connectivity index (χ1) is 12.0. The minimum atomic E-state index is -3.52. The lowest BCUT2D eigenvalue weighted by atomic mass is 10.3. The van der Waals surface area contributed by atoms with E-state index >= 15 is 0 Å². The molecule has 1 N–H and O–H groups in total. The number of hydrogen-bond acceptors (Lipinski definition) is 7. The summed E-state index contributed by atoms with van der Waals surface area (Å²) in [5.41, 5.74) is 0.662. The molecule has 2 aromatic heterocycles. The largest absolute Gasteiger partial charge is 0.403 e. The zero-order chi connectivity index (χ0) is 17.7. The Morgan fingerprint density at radius 3 is 2.48 bits per heavy atom. The SMILES string of the molecule is O=C(CCS(=O)(=O)c1ccccc1)Nc1nnc(-c2ccncc2)o1. The normalized spacial score (nSPS) is 11.2. The van der Waals surface area contributed by atoms with E-state index in [9.17, 15) is 13.2 Å². The number of nitrogens with zero attached hydrogens (tertiary/aromatic N) is 3. The van der Waals surface area contributed by atoms with Gasteiger partial charge < -0.3 is 4.42 Å². The number of sulfone groups is 1. The monoisotopic (exact) mass is 358 g/mol. The molecule has 0 atom stereocenters. The van der Waals surface area contributed by atoms with Gasteiger partial charge in [-0.15, -0.1) is 5.10 Å². The summed E-state index contributed by atoms with van der Waals surface area (Å²) in [6.45, 7) is 0. The van der Waals surface area contributed by atoms with E-state index in [0.29, 0.717) is 5.56 Å². The highest BCUT2D eigenvalue weighted by Gasteiger charge is 2.17. The standard InChI is InChI=1S/C16H14N4O4S/c21-14(8-11-25(22,23)13-4-2-1-3-5-13)18-16-20-19-15(24-16)12-6-9-17-10-7-12/h1-7,9-10H,8,11H2,(H,18,20,21). The molecule has 25 heavy (non-hydrogen) atoms. The molecule has 3 rings (SSSR count). The van der Waals surface area contributed by atoms with E-state index in [-0.39, 0.29) is 29.0 Å². The Labute approximate surface area is 143 Å². The molecule has 0 aliphatic heterocycles.